The number of aryl methyl sites for hydroxylation is 2. The van der Waals surface area contributed by atoms with Gasteiger partial charge in [0, 0.05) is 17.5 Å². The van der Waals surface area contributed by atoms with Crippen LogP contribution in [0, 0.1) is 19.8 Å². The van der Waals surface area contributed by atoms with Crippen molar-refractivity contribution in [2.75, 3.05) is 0 Å². The first-order chi connectivity index (χ1) is 14.4. The normalized spacial score (nSPS) is 11.6. The highest BCUT2D eigenvalue weighted by molar-refractivity contribution is 7.98. The molecule has 30 heavy (non-hydrogen) atoms. The van der Waals surface area contributed by atoms with E-state index in [0.717, 1.165) is 27.4 Å². The molecule has 0 unspecified atom stereocenters. The molecule has 4 heterocycles. The van der Waals surface area contributed by atoms with Crippen LogP contribution in [0.25, 0.3) is 10.2 Å². The molecule has 0 saturated heterocycles. The molecule has 7 nitrogen and oxygen atoms in total. The van der Waals surface area contributed by atoms with Crippen LogP contribution in [0.4, 0.5) is 0 Å². The minimum atomic E-state index is -0.0407. The van der Waals surface area contributed by atoms with Crippen molar-refractivity contribution < 1.29 is 4.52 Å². The average Bonchev–Trinajstić information content (AvgIpc) is 3.27. The second-order valence-corrected chi connectivity index (χ2v) is 9.71. The Morgan fingerprint density at radius 2 is 2.07 bits per heavy atom. The second kappa shape index (κ2) is 8.69. The molecule has 156 valence electrons. The Morgan fingerprint density at radius 1 is 1.23 bits per heavy atom. The summed E-state index contributed by atoms with van der Waals surface area (Å²) in [5.41, 5.74) is 1.76. The van der Waals surface area contributed by atoms with Crippen molar-refractivity contribution in [2.24, 2.45) is 5.92 Å². The molecule has 9 heteroatoms. The molecule has 4 aromatic rings. The van der Waals surface area contributed by atoms with E-state index in [1.807, 2.05) is 32.0 Å². The summed E-state index contributed by atoms with van der Waals surface area (Å²) in [6.07, 6.45) is 2.50. The molecule has 0 aromatic carbocycles. The van der Waals surface area contributed by atoms with E-state index in [0.29, 0.717) is 40.5 Å². The molecule has 0 amide bonds. The number of rotatable bonds is 7. The summed E-state index contributed by atoms with van der Waals surface area (Å²) in [4.78, 5) is 28.9. The third-order valence-electron chi connectivity index (χ3n) is 4.73. The number of aromatic nitrogens is 5. The van der Waals surface area contributed by atoms with Crippen molar-refractivity contribution in [1.29, 1.82) is 0 Å². The maximum atomic E-state index is 13.4. The van der Waals surface area contributed by atoms with Gasteiger partial charge in [0.2, 0.25) is 5.89 Å². The Kier molecular flexibility index (Phi) is 6.01. The predicted molar refractivity (Wildman–Crippen MR) is 119 cm³/mol. The standard InChI is InChI=1S/C21H23N5O2S2/c1-12(2)9-16-23-17(28-25-16)11-29-21-24-19-18(13(3)14(4)30-19)20(27)26(21)10-15-7-5-6-8-22-15/h5-8,12H,9-11H2,1-4H3. The van der Waals surface area contributed by atoms with Crippen molar-refractivity contribution in [2.45, 2.75) is 51.6 Å². The van der Waals surface area contributed by atoms with E-state index in [4.69, 9.17) is 9.51 Å². The number of nitrogens with zero attached hydrogens (tertiary/aromatic N) is 5. The molecule has 0 radical (unpaired) electrons. The average molecular weight is 442 g/mol. The fourth-order valence-corrected chi connectivity index (χ4v) is 5.04. The minimum Gasteiger partial charge on any atom is -0.338 e. The van der Waals surface area contributed by atoms with Crippen LogP contribution in [0.15, 0.2) is 38.9 Å². The third kappa shape index (κ3) is 4.32. The summed E-state index contributed by atoms with van der Waals surface area (Å²) in [6, 6.07) is 5.69. The molecule has 0 atom stereocenters. The zero-order chi connectivity index (χ0) is 21.3. The fraction of sp³-hybridized carbons (Fsp3) is 0.381. The minimum absolute atomic E-state index is 0.0407. The van der Waals surface area contributed by atoms with Gasteiger partial charge in [0.1, 0.15) is 4.83 Å². The smallest absolute Gasteiger partial charge is 0.263 e. The first-order valence-corrected chi connectivity index (χ1v) is 11.6. The topological polar surface area (TPSA) is 86.7 Å². The summed E-state index contributed by atoms with van der Waals surface area (Å²) in [7, 11) is 0. The van der Waals surface area contributed by atoms with Gasteiger partial charge in [-0.15, -0.1) is 11.3 Å². The number of thioether (sulfide) groups is 1. The van der Waals surface area contributed by atoms with Gasteiger partial charge in [0.05, 0.1) is 23.4 Å². The van der Waals surface area contributed by atoms with E-state index < -0.39 is 0 Å². The molecule has 4 aromatic heterocycles. The molecular formula is C21H23N5O2S2. The Morgan fingerprint density at radius 3 is 2.80 bits per heavy atom. The van der Waals surface area contributed by atoms with Crippen LogP contribution in [-0.4, -0.2) is 24.7 Å². The van der Waals surface area contributed by atoms with Gasteiger partial charge in [-0.3, -0.25) is 14.3 Å². The van der Waals surface area contributed by atoms with E-state index in [9.17, 15) is 4.79 Å². The molecule has 0 aliphatic heterocycles. The lowest BCUT2D eigenvalue weighted by atomic mass is 10.1. The van der Waals surface area contributed by atoms with E-state index in [1.54, 1.807) is 22.1 Å². The van der Waals surface area contributed by atoms with Crippen molar-refractivity contribution in [3.8, 4) is 0 Å². The Hall–Kier alpha value is -2.52. The molecule has 0 N–H and O–H groups in total. The lowest BCUT2D eigenvalue weighted by Crippen LogP contribution is -2.24. The van der Waals surface area contributed by atoms with Crippen LogP contribution in [0.3, 0.4) is 0 Å². The number of fused-ring (bicyclic) bond motifs is 1. The maximum Gasteiger partial charge on any atom is 0.263 e. The molecule has 0 saturated carbocycles. The first kappa shape index (κ1) is 20.7. The number of thiophene rings is 1. The third-order valence-corrected chi connectivity index (χ3v) is 6.79. The first-order valence-electron chi connectivity index (χ1n) is 9.77. The van der Waals surface area contributed by atoms with Crippen molar-refractivity contribution >= 4 is 33.3 Å². The summed E-state index contributed by atoms with van der Waals surface area (Å²) in [6.45, 7) is 8.59. The highest BCUT2D eigenvalue weighted by Gasteiger charge is 2.18. The molecule has 0 aliphatic carbocycles. The van der Waals surface area contributed by atoms with Crippen LogP contribution in [-0.2, 0) is 18.7 Å². The summed E-state index contributed by atoms with van der Waals surface area (Å²) in [5.74, 6) is 2.16. The summed E-state index contributed by atoms with van der Waals surface area (Å²) >= 11 is 2.98. The molecule has 0 spiro atoms. The van der Waals surface area contributed by atoms with Crippen molar-refractivity contribution in [3.05, 3.63) is 62.6 Å². The van der Waals surface area contributed by atoms with Gasteiger partial charge < -0.3 is 4.52 Å². The monoisotopic (exact) mass is 441 g/mol. The SMILES string of the molecule is Cc1sc2nc(SCc3nc(CC(C)C)no3)n(Cc3ccccn3)c(=O)c2c1C. The van der Waals surface area contributed by atoms with Crippen LogP contribution in [0.2, 0.25) is 0 Å². The van der Waals surface area contributed by atoms with E-state index >= 15 is 0 Å². The van der Waals surface area contributed by atoms with Gasteiger partial charge in [-0.2, -0.15) is 4.98 Å². The lowest BCUT2D eigenvalue weighted by molar-refractivity contribution is 0.382. The van der Waals surface area contributed by atoms with Crippen molar-refractivity contribution in [1.82, 2.24) is 24.7 Å². The van der Waals surface area contributed by atoms with Crippen LogP contribution in [0.1, 0.15) is 41.7 Å². The largest absolute Gasteiger partial charge is 0.338 e. The zero-order valence-electron chi connectivity index (χ0n) is 17.4. The van der Waals surface area contributed by atoms with Crippen molar-refractivity contribution in [3.63, 3.8) is 0 Å². The van der Waals surface area contributed by atoms with Gasteiger partial charge in [-0.05, 0) is 37.5 Å². The Balaban J connectivity index is 1.69. The van der Waals surface area contributed by atoms with Gasteiger partial charge in [-0.1, -0.05) is 36.8 Å². The number of pyridine rings is 1. The fourth-order valence-electron chi connectivity index (χ4n) is 3.14. The van der Waals surface area contributed by atoms with E-state index in [-0.39, 0.29) is 5.56 Å². The summed E-state index contributed by atoms with van der Waals surface area (Å²) in [5, 5.41) is 5.36. The maximum absolute atomic E-state index is 13.4. The number of hydrogen-bond donors (Lipinski definition) is 0. The van der Waals surface area contributed by atoms with E-state index in [1.165, 1.54) is 11.8 Å². The highest BCUT2D eigenvalue weighted by Crippen LogP contribution is 2.29. The van der Waals surface area contributed by atoms with Crippen LogP contribution >= 0.6 is 23.1 Å². The second-order valence-electron chi connectivity index (χ2n) is 7.56. The predicted octanol–water partition coefficient (Wildman–Crippen LogP) is 4.39. The molecule has 0 aliphatic rings. The molecule has 0 fully saturated rings. The molecule has 0 bridgehead atoms. The van der Waals surface area contributed by atoms with Gasteiger partial charge >= 0.3 is 0 Å². The van der Waals surface area contributed by atoms with Gasteiger partial charge in [0.25, 0.3) is 5.56 Å². The zero-order valence-corrected chi connectivity index (χ0v) is 19.0. The van der Waals surface area contributed by atoms with Gasteiger partial charge in [-0.25, -0.2) is 4.98 Å². The van der Waals surface area contributed by atoms with Crippen LogP contribution < -0.4 is 5.56 Å². The highest BCUT2D eigenvalue weighted by atomic mass is 32.2. The number of hydrogen-bond acceptors (Lipinski definition) is 8. The van der Waals surface area contributed by atoms with E-state index in [2.05, 4.69) is 29.0 Å². The summed E-state index contributed by atoms with van der Waals surface area (Å²) < 4.78 is 7.07. The molecule has 4 rings (SSSR count). The van der Waals surface area contributed by atoms with Gasteiger partial charge in [0.15, 0.2) is 11.0 Å². The Labute approximate surface area is 182 Å². The van der Waals surface area contributed by atoms with Crippen LogP contribution in [0.5, 0.6) is 0 Å². The Bertz CT molecular complexity index is 1230. The molecular weight excluding hydrogens is 418 g/mol. The quantitative estimate of drug-likeness (QED) is 0.310. The lowest BCUT2D eigenvalue weighted by Gasteiger charge is -2.11.